The first-order chi connectivity index (χ1) is 21.2. The van der Waals surface area contributed by atoms with E-state index < -0.39 is 79.4 Å². The second-order valence-corrected chi connectivity index (χ2v) is 12.1. The van der Waals surface area contributed by atoms with Crippen molar-refractivity contribution in [2.24, 2.45) is 0 Å². The fraction of sp³-hybridized carbons (Fsp3) is 0.533. The van der Waals surface area contributed by atoms with E-state index in [9.17, 15) is 48.9 Å². The summed E-state index contributed by atoms with van der Waals surface area (Å²) in [6, 6.07) is 11.4. The molecule has 5 rings (SSSR count). The van der Waals surface area contributed by atoms with Crippen molar-refractivity contribution in [2.75, 3.05) is 20.3 Å². The highest BCUT2D eigenvalue weighted by molar-refractivity contribution is 7.19. The summed E-state index contributed by atoms with van der Waals surface area (Å²) in [6.07, 6.45) is -17.0. The molecule has 0 radical (unpaired) electrons. The molecule has 250 valence electrons. The summed E-state index contributed by atoms with van der Waals surface area (Å²) in [7, 11) is 1.19. The number of benzene rings is 2. The summed E-state index contributed by atoms with van der Waals surface area (Å²) in [6.45, 7) is 0.552. The Morgan fingerprint density at radius 2 is 1.40 bits per heavy atom. The van der Waals surface area contributed by atoms with Crippen LogP contribution in [0.15, 0.2) is 42.5 Å². The number of hydrogen-bond donors (Lipinski definition) is 8. The van der Waals surface area contributed by atoms with Gasteiger partial charge >= 0.3 is 6.18 Å². The Hall–Kier alpha value is -2.41. The Kier molecular flexibility index (Phi) is 11.5. The predicted octanol–water partition coefficient (Wildman–Crippen LogP) is 0.883. The van der Waals surface area contributed by atoms with Crippen LogP contribution in [-0.2, 0) is 22.1 Å². The van der Waals surface area contributed by atoms with Crippen LogP contribution in [0.2, 0.25) is 0 Å². The second-order valence-electron chi connectivity index (χ2n) is 11.0. The summed E-state index contributed by atoms with van der Waals surface area (Å²) < 4.78 is 58.4. The first-order valence-electron chi connectivity index (χ1n) is 14.1. The molecule has 3 heterocycles. The Labute approximate surface area is 260 Å². The lowest BCUT2D eigenvalue weighted by Gasteiger charge is -2.40. The van der Waals surface area contributed by atoms with E-state index in [1.807, 2.05) is 30.3 Å². The van der Waals surface area contributed by atoms with Gasteiger partial charge in [0.15, 0.2) is 0 Å². The molecular weight excluding hydrogens is 625 g/mol. The molecule has 0 saturated carbocycles. The quantitative estimate of drug-likeness (QED) is 0.187. The molecule has 10 atom stereocenters. The zero-order valence-electron chi connectivity index (χ0n) is 24.3. The lowest BCUT2D eigenvalue weighted by molar-refractivity contribution is -0.232. The number of aliphatic hydroxyl groups is 8. The van der Waals surface area contributed by atoms with Gasteiger partial charge < -0.3 is 55.1 Å². The molecule has 0 unspecified atom stereocenters. The van der Waals surface area contributed by atoms with Crippen LogP contribution in [0.25, 0.3) is 10.1 Å². The molecule has 0 spiro atoms. The molecule has 2 aliphatic rings. The van der Waals surface area contributed by atoms with Crippen molar-refractivity contribution in [1.82, 2.24) is 0 Å². The van der Waals surface area contributed by atoms with E-state index in [0.29, 0.717) is 4.88 Å². The van der Waals surface area contributed by atoms with E-state index >= 15 is 0 Å². The summed E-state index contributed by atoms with van der Waals surface area (Å²) in [5, 5.41) is 77.5. The van der Waals surface area contributed by atoms with E-state index in [1.165, 1.54) is 24.5 Å². The second kappa shape index (κ2) is 14.6. The van der Waals surface area contributed by atoms with Crippen LogP contribution in [0.5, 0.6) is 5.75 Å². The SMILES string of the molecule is COc1cc(C(F)(F)F)c(Cc2cc3ccccc3s2)cc1[C@@H]1O[C@H](CO)[C@@H](O)[C@H](O)[C@H]1O.C[C@@H]1O[C@H](CO)[C@@H](O)[C@H](O)[C@H]1O. The largest absolute Gasteiger partial charge is 0.496 e. The van der Waals surface area contributed by atoms with Crippen molar-refractivity contribution < 1.29 is 68.2 Å². The van der Waals surface area contributed by atoms with Crippen molar-refractivity contribution in [2.45, 2.75) is 80.6 Å². The fourth-order valence-electron chi connectivity index (χ4n) is 5.41. The number of hydrogen-bond acceptors (Lipinski definition) is 12. The van der Waals surface area contributed by atoms with Crippen molar-refractivity contribution in [1.29, 1.82) is 0 Å². The van der Waals surface area contributed by atoms with E-state index in [0.717, 1.165) is 16.2 Å². The number of methoxy groups -OCH3 is 1. The van der Waals surface area contributed by atoms with Gasteiger partial charge in [-0.25, -0.2) is 0 Å². The van der Waals surface area contributed by atoms with Gasteiger partial charge in [-0.15, -0.1) is 11.3 Å². The number of rotatable bonds is 6. The third-order valence-electron chi connectivity index (χ3n) is 7.93. The molecule has 1 aromatic heterocycles. The summed E-state index contributed by atoms with van der Waals surface area (Å²) >= 11 is 1.38. The highest BCUT2D eigenvalue weighted by Crippen LogP contribution is 2.43. The molecule has 8 N–H and O–H groups in total. The van der Waals surface area contributed by atoms with Crippen LogP contribution in [0.1, 0.15) is 34.6 Å². The minimum Gasteiger partial charge on any atom is -0.496 e. The van der Waals surface area contributed by atoms with E-state index in [1.54, 1.807) is 6.92 Å². The molecule has 0 aliphatic carbocycles. The number of fused-ring (bicyclic) bond motifs is 1. The molecule has 2 aromatic carbocycles. The lowest BCUT2D eigenvalue weighted by Crippen LogP contribution is -2.57. The predicted molar refractivity (Wildman–Crippen MR) is 155 cm³/mol. The molecule has 2 saturated heterocycles. The maximum atomic E-state index is 13.9. The summed E-state index contributed by atoms with van der Waals surface area (Å²) in [5.41, 5.74) is -0.856. The third-order valence-corrected chi connectivity index (χ3v) is 9.05. The van der Waals surface area contributed by atoms with Gasteiger partial charge in [0, 0.05) is 21.6 Å². The maximum Gasteiger partial charge on any atom is 0.416 e. The minimum atomic E-state index is -4.66. The topological polar surface area (TPSA) is 190 Å². The number of alkyl halides is 3. The van der Waals surface area contributed by atoms with Crippen LogP contribution in [0, 0.1) is 0 Å². The van der Waals surface area contributed by atoms with Gasteiger partial charge in [0.2, 0.25) is 0 Å². The molecule has 0 bridgehead atoms. The van der Waals surface area contributed by atoms with Gasteiger partial charge in [0.25, 0.3) is 0 Å². The van der Waals surface area contributed by atoms with E-state index in [2.05, 4.69) is 0 Å². The smallest absolute Gasteiger partial charge is 0.416 e. The Morgan fingerprint density at radius 1 is 0.800 bits per heavy atom. The van der Waals surface area contributed by atoms with Gasteiger partial charge in [-0.2, -0.15) is 13.2 Å². The number of thiophene rings is 1. The highest BCUT2D eigenvalue weighted by atomic mass is 32.1. The Morgan fingerprint density at radius 3 is 1.98 bits per heavy atom. The van der Waals surface area contributed by atoms with Crippen LogP contribution >= 0.6 is 11.3 Å². The van der Waals surface area contributed by atoms with Crippen molar-refractivity contribution in [3.63, 3.8) is 0 Å². The summed E-state index contributed by atoms with van der Waals surface area (Å²) in [4.78, 5) is 0.714. The first kappa shape index (κ1) is 35.4. The molecule has 2 fully saturated rings. The van der Waals surface area contributed by atoms with Crippen molar-refractivity contribution in [3.05, 3.63) is 64.0 Å². The van der Waals surface area contributed by atoms with Gasteiger partial charge in [-0.05, 0) is 42.1 Å². The number of aliphatic hydroxyl groups excluding tert-OH is 8. The van der Waals surface area contributed by atoms with E-state index in [4.69, 9.17) is 19.3 Å². The van der Waals surface area contributed by atoms with Gasteiger partial charge in [0.1, 0.15) is 60.7 Å². The zero-order chi connectivity index (χ0) is 33.2. The number of ether oxygens (including phenoxy) is 3. The van der Waals surface area contributed by atoms with Crippen molar-refractivity contribution in [3.8, 4) is 5.75 Å². The Balaban J connectivity index is 0.000000323. The monoisotopic (exact) mass is 662 g/mol. The average molecular weight is 663 g/mol. The molecule has 0 amide bonds. The highest BCUT2D eigenvalue weighted by Gasteiger charge is 2.46. The van der Waals surface area contributed by atoms with Crippen LogP contribution in [0.4, 0.5) is 13.2 Å². The van der Waals surface area contributed by atoms with Crippen LogP contribution < -0.4 is 4.74 Å². The standard InChI is InChI=1S/C23H23F3O6S.C7H14O5/c1-31-16-9-15(23(24,25)26)12(7-13-6-11-4-2-3-5-18(11)33-13)8-14(16)22-21(30)20(29)19(28)17(10-27)32-22;1-3-5(9)7(11)6(10)4(2-8)12-3/h2-6,8-9,17,19-22,27-30H,7,10H2,1H3;3-11H,2H2,1H3/t17-,19-,20+,21-,22+;3-,4+,5-,6+,7+/m10/s1. The van der Waals surface area contributed by atoms with Gasteiger partial charge in [-0.1, -0.05) is 18.2 Å². The Bertz CT molecular complexity index is 1380. The maximum absolute atomic E-state index is 13.9. The first-order valence-corrected chi connectivity index (χ1v) is 14.9. The number of halogens is 3. The normalized spacial score (nSPS) is 32.2. The fourth-order valence-corrected chi connectivity index (χ4v) is 6.50. The average Bonchev–Trinajstić information content (AvgIpc) is 3.43. The third kappa shape index (κ3) is 7.60. The molecule has 45 heavy (non-hydrogen) atoms. The van der Waals surface area contributed by atoms with Gasteiger partial charge in [-0.3, -0.25) is 0 Å². The molecule has 11 nitrogen and oxygen atoms in total. The summed E-state index contributed by atoms with van der Waals surface area (Å²) in [5.74, 6) is -0.188. The van der Waals surface area contributed by atoms with Crippen LogP contribution in [0.3, 0.4) is 0 Å². The molecular formula is C30H37F3O11S. The lowest BCUT2D eigenvalue weighted by atomic mass is 9.88. The van der Waals surface area contributed by atoms with E-state index in [-0.39, 0.29) is 29.9 Å². The van der Waals surface area contributed by atoms with Crippen LogP contribution in [-0.4, -0.2) is 116 Å². The van der Waals surface area contributed by atoms with Crippen molar-refractivity contribution >= 4 is 21.4 Å². The zero-order valence-corrected chi connectivity index (χ0v) is 25.1. The molecule has 2 aliphatic heterocycles. The molecule has 3 aromatic rings. The molecule has 15 heteroatoms. The van der Waals surface area contributed by atoms with Gasteiger partial charge in [0.05, 0.1) is 32.0 Å². The minimum absolute atomic E-state index is 0.0252.